The topological polar surface area (TPSA) is 67.8 Å². The van der Waals surface area contributed by atoms with Crippen LogP contribution >= 0.6 is 0 Å². The lowest BCUT2D eigenvalue weighted by atomic mass is 10.0. The molecule has 0 N–H and O–H groups in total. The van der Waals surface area contributed by atoms with Crippen LogP contribution in [0.3, 0.4) is 0 Å². The Labute approximate surface area is 152 Å². The van der Waals surface area contributed by atoms with Gasteiger partial charge >= 0.3 is 0 Å². The van der Waals surface area contributed by atoms with Gasteiger partial charge in [-0.15, -0.1) is 0 Å². The summed E-state index contributed by atoms with van der Waals surface area (Å²) >= 11 is 0. The van der Waals surface area contributed by atoms with E-state index in [1.54, 1.807) is 47.2 Å². The highest BCUT2D eigenvalue weighted by Gasteiger charge is 2.33. The van der Waals surface area contributed by atoms with E-state index in [4.69, 9.17) is 0 Å². The molecule has 0 fully saturated rings. The van der Waals surface area contributed by atoms with Crippen LogP contribution in [0.2, 0.25) is 0 Å². The molecule has 2 aromatic heterocycles. The van der Waals surface area contributed by atoms with Gasteiger partial charge in [-0.3, -0.25) is 14.2 Å². The second-order valence-corrected chi connectivity index (χ2v) is 6.28. The van der Waals surface area contributed by atoms with E-state index in [0.717, 1.165) is 0 Å². The molecule has 5 rings (SSSR count). The molecule has 4 aromatic rings. The van der Waals surface area contributed by atoms with Crippen LogP contribution in [0.4, 0.5) is 4.39 Å². The van der Waals surface area contributed by atoms with Gasteiger partial charge in [-0.1, -0.05) is 0 Å². The Hall–Kier alpha value is -3.98. The minimum absolute atomic E-state index is 0.0533. The fraction of sp³-hybridized carbons (Fsp3) is 0. The Kier molecular flexibility index (Phi) is 2.98. The van der Waals surface area contributed by atoms with Crippen molar-refractivity contribution in [3.05, 3.63) is 88.0 Å². The molecule has 0 unspecified atom stereocenters. The first-order chi connectivity index (χ1) is 13.1. The molecule has 0 bridgehead atoms. The van der Waals surface area contributed by atoms with Gasteiger partial charge in [-0.05, 0) is 54.6 Å². The van der Waals surface area contributed by atoms with Crippen molar-refractivity contribution in [3.8, 4) is 23.1 Å². The molecule has 128 valence electrons. The van der Waals surface area contributed by atoms with Crippen molar-refractivity contribution in [2.75, 3.05) is 0 Å². The van der Waals surface area contributed by atoms with Gasteiger partial charge in [0.25, 0.3) is 5.91 Å². The number of hydrogen-bond acceptors (Lipinski definition) is 3. The minimum atomic E-state index is -0.413. The van der Waals surface area contributed by atoms with E-state index >= 15 is 0 Å². The molecule has 5 nitrogen and oxygen atoms in total. The minimum Gasteiger partial charge on any atom is -0.307 e. The highest BCUT2D eigenvalue weighted by atomic mass is 19.1. The molecule has 0 amide bonds. The molecule has 1 aliphatic rings. The lowest BCUT2D eigenvalue weighted by Gasteiger charge is -2.16. The maximum atomic E-state index is 13.5. The Bertz CT molecular complexity index is 1370. The highest BCUT2D eigenvalue weighted by Crippen LogP contribution is 2.35. The van der Waals surface area contributed by atoms with Crippen molar-refractivity contribution in [1.29, 1.82) is 5.26 Å². The molecular weight excluding hydrogens is 345 g/mol. The molecule has 0 atom stereocenters. The number of halogens is 1. The Morgan fingerprint density at radius 2 is 1.78 bits per heavy atom. The largest absolute Gasteiger partial charge is 0.307 e. The van der Waals surface area contributed by atoms with Crippen molar-refractivity contribution in [2.24, 2.45) is 0 Å². The lowest BCUT2D eigenvalue weighted by molar-refractivity contribution is 0.0968. The molecule has 1 aliphatic heterocycles. The van der Waals surface area contributed by atoms with Gasteiger partial charge in [-0.2, -0.15) is 5.26 Å². The zero-order chi connectivity index (χ0) is 18.7. The number of fused-ring (bicyclic) bond motifs is 4. The predicted octanol–water partition coefficient (Wildman–Crippen LogP) is 3.47. The third kappa shape index (κ3) is 1.96. The van der Waals surface area contributed by atoms with Crippen LogP contribution in [0.25, 0.3) is 28.0 Å². The number of aromatic nitrogens is 2. The van der Waals surface area contributed by atoms with Crippen LogP contribution in [-0.2, 0) is 0 Å². The van der Waals surface area contributed by atoms with Crippen LogP contribution in [-0.4, -0.2) is 15.0 Å². The summed E-state index contributed by atoms with van der Waals surface area (Å²) in [7, 11) is 0. The van der Waals surface area contributed by atoms with Gasteiger partial charge in [0.05, 0.1) is 28.5 Å². The number of carbonyl (C=O) groups is 1. The van der Waals surface area contributed by atoms with E-state index in [9.17, 15) is 19.2 Å². The van der Waals surface area contributed by atoms with Gasteiger partial charge in [0, 0.05) is 17.3 Å². The molecule has 0 spiro atoms. The summed E-state index contributed by atoms with van der Waals surface area (Å²) < 4.78 is 16.6. The molecule has 2 aromatic carbocycles. The average molecular weight is 355 g/mol. The van der Waals surface area contributed by atoms with Gasteiger partial charge in [0.2, 0.25) is 5.43 Å². The summed E-state index contributed by atoms with van der Waals surface area (Å²) in [5.41, 5.74) is 2.20. The van der Waals surface area contributed by atoms with Crippen molar-refractivity contribution in [1.82, 2.24) is 9.13 Å². The number of pyridine rings is 1. The third-order valence-corrected chi connectivity index (χ3v) is 4.81. The van der Waals surface area contributed by atoms with Gasteiger partial charge < -0.3 is 4.57 Å². The van der Waals surface area contributed by atoms with E-state index in [1.165, 1.54) is 22.8 Å². The summed E-state index contributed by atoms with van der Waals surface area (Å²) in [5, 5.41) is 9.46. The Balaban J connectivity index is 2.02. The molecule has 6 heteroatoms. The van der Waals surface area contributed by atoms with E-state index in [1.807, 2.05) is 6.07 Å². The van der Waals surface area contributed by atoms with Crippen LogP contribution in [0.1, 0.15) is 15.9 Å². The number of hydrogen-bond donors (Lipinski definition) is 0. The normalized spacial score (nSPS) is 12.1. The average Bonchev–Trinajstić information content (AvgIpc) is 3.26. The van der Waals surface area contributed by atoms with Crippen molar-refractivity contribution in [3.63, 3.8) is 0 Å². The molecule has 0 aliphatic carbocycles. The van der Waals surface area contributed by atoms with Crippen molar-refractivity contribution < 1.29 is 9.18 Å². The van der Waals surface area contributed by atoms with Crippen LogP contribution in [0.5, 0.6) is 0 Å². The van der Waals surface area contributed by atoms with E-state index in [-0.39, 0.29) is 16.8 Å². The fourth-order valence-electron chi connectivity index (χ4n) is 3.63. The number of benzene rings is 2. The second kappa shape index (κ2) is 5.26. The maximum Gasteiger partial charge on any atom is 0.268 e. The smallest absolute Gasteiger partial charge is 0.268 e. The maximum absolute atomic E-state index is 13.5. The van der Waals surface area contributed by atoms with Crippen molar-refractivity contribution in [2.45, 2.75) is 0 Å². The van der Waals surface area contributed by atoms with Crippen molar-refractivity contribution >= 4 is 16.8 Å². The summed E-state index contributed by atoms with van der Waals surface area (Å²) in [5.74, 6) is -0.790. The van der Waals surface area contributed by atoms with E-state index in [0.29, 0.717) is 28.2 Å². The first-order valence-electron chi connectivity index (χ1n) is 8.21. The first-order valence-corrected chi connectivity index (χ1v) is 8.21. The lowest BCUT2D eigenvalue weighted by Crippen LogP contribution is -2.19. The predicted molar refractivity (Wildman–Crippen MR) is 97.4 cm³/mol. The van der Waals surface area contributed by atoms with Gasteiger partial charge in [0.1, 0.15) is 11.4 Å². The zero-order valence-electron chi connectivity index (χ0n) is 13.8. The number of carbonyl (C=O) groups excluding carboxylic acids is 1. The SMILES string of the molecule is N#Cc1ccc2c(c1)c(=O)c1c(n2-c2ccc(F)cc2)-c2cccn2C1=O. The van der Waals surface area contributed by atoms with E-state index < -0.39 is 11.3 Å². The monoisotopic (exact) mass is 355 g/mol. The molecular formula is C21H10FN3O2. The van der Waals surface area contributed by atoms with Gasteiger partial charge in [-0.25, -0.2) is 4.39 Å². The number of nitrogens with zero attached hydrogens (tertiary/aromatic N) is 3. The molecule has 0 radical (unpaired) electrons. The number of rotatable bonds is 1. The van der Waals surface area contributed by atoms with Gasteiger partial charge in [0.15, 0.2) is 0 Å². The molecule has 0 saturated carbocycles. The van der Waals surface area contributed by atoms with E-state index in [2.05, 4.69) is 0 Å². The molecule has 27 heavy (non-hydrogen) atoms. The van der Waals surface area contributed by atoms with Crippen LogP contribution in [0, 0.1) is 17.1 Å². The quantitative estimate of drug-likeness (QED) is 0.462. The highest BCUT2D eigenvalue weighted by molar-refractivity contribution is 6.11. The molecule has 3 heterocycles. The summed E-state index contributed by atoms with van der Waals surface area (Å²) in [6.07, 6.45) is 1.61. The number of nitriles is 1. The Morgan fingerprint density at radius 3 is 2.52 bits per heavy atom. The molecule has 0 saturated heterocycles. The third-order valence-electron chi connectivity index (χ3n) is 4.81. The summed E-state index contributed by atoms with van der Waals surface area (Å²) in [4.78, 5) is 25.9. The summed E-state index contributed by atoms with van der Waals surface area (Å²) in [6.45, 7) is 0. The van der Waals surface area contributed by atoms with Crippen LogP contribution < -0.4 is 5.43 Å². The first kappa shape index (κ1) is 15.3. The summed E-state index contributed by atoms with van der Waals surface area (Å²) in [6, 6.07) is 16.1. The zero-order valence-corrected chi connectivity index (χ0v) is 13.8. The van der Waals surface area contributed by atoms with Crippen LogP contribution in [0.15, 0.2) is 65.6 Å². The standard InChI is InChI=1S/C21H10FN3O2/c22-13-4-6-14(7-5-13)25-16-8-3-12(11-23)10-15(16)20(26)18-19(25)17-2-1-9-24(17)21(18)27/h1-10H. The second-order valence-electron chi connectivity index (χ2n) is 6.28. The fourth-order valence-corrected chi connectivity index (χ4v) is 3.63. The Morgan fingerprint density at radius 1 is 1.00 bits per heavy atom.